The minimum absolute atomic E-state index is 0.0488. The zero-order chi connectivity index (χ0) is 19.1. The van der Waals surface area contributed by atoms with Crippen molar-refractivity contribution in [2.24, 2.45) is 13.0 Å². The van der Waals surface area contributed by atoms with Crippen LogP contribution in [0.4, 0.5) is 0 Å². The number of thioether (sulfide) groups is 1. The molecule has 2 amide bonds. The van der Waals surface area contributed by atoms with Crippen LogP contribution in [0, 0.1) is 5.92 Å². The third-order valence-corrected chi connectivity index (χ3v) is 5.85. The number of amides is 2. The number of hydrogen-bond donors (Lipinski definition) is 1. The Hall–Kier alpha value is -2.28. The Balaban J connectivity index is 1.41. The number of hydrogen-bond acceptors (Lipinski definition) is 4. The first-order valence-corrected chi connectivity index (χ1v) is 10.3. The third-order valence-electron chi connectivity index (χ3n) is 4.79. The molecule has 7 heteroatoms. The van der Waals surface area contributed by atoms with E-state index in [-0.39, 0.29) is 17.7 Å². The molecule has 0 radical (unpaired) electrons. The summed E-state index contributed by atoms with van der Waals surface area (Å²) in [6, 6.07) is 10.1. The molecule has 1 aromatic heterocycles. The molecule has 1 fully saturated rings. The Morgan fingerprint density at radius 2 is 2.15 bits per heavy atom. The molecule has 0 aliphatic carbocycles. The van der Waals surface area contributed by atoms with Crippen LogP contribution in [0.25, 0.3) is 0 Å². The Bertz CT molecular complexity index is 762. The quantitative estimate of drug-likeness (QED) is 0.557. The molecule has 144 valence electrons. The van der Waals surface area contributed by atoms with E-state index in [1.165, 1.54) is 5.56 Å². The standard InChI is InChI=1S/C20H26N4O2S/c1-23-13-10-22-20(23)27-14-11-21-19(26)17-7-8-18(25)24(15-17)12-9-16-5-3-2-4-6-16/h2-6,10,13,17H,7-9,11-12,14-15H2,1H3,(H,21,26)/t17-/m1/s1. The van der Waals surface area contributed by atoms with Crippen LogP contribution in [0.3, 0.4) is 0 Å². The number of aromatic nitrogens is 2. The van der Waals surface area contributed by atoms with Gasteiger partial charge in [-0.25, -0.2) is 4.98 Å². The number of carbonyl (C=O) groups excluding carboxylic acids is 2. The van der Waals surface area contributed by atoms with Gasteiger partial charge < -0.3 is 14.8 Å². The molecule has 3 rings (SSSR count). The highest BCUT2D eigenvalue weighted by Gasteiger charge is 2.29. The summed E-state index contributed by atoms with van der Waals surface area (Å²) >= 11 is 1.62. The molecular formula is C20H26N4O2S. The third kappa shape index (κ3) is 5.60. The van der Waals surface area contributed by atoms with Crippen LogP contribution in [-0.2, 0) is 23.1 Å². The molecule has 1 aliphatic rings. The van der Waals surface area contributed by atoms with Crippen LogP contribution in [0.1, 0.15) is 18.4 Å². The molecule has 0 spiro atoms. The summed E-state index contributed by atoms with van der Waals surface area (Å²) in [5.74, 6) is 0.865. The zero-order valence-electron chi connectivity index (χ0n) is 15.6. The predicted octanol–water partition coefficient (Wildman–Crippen LogP) is 2.11. The SMILES string of the molecule is Cn1ccnc1SCCNC(=O)[C@@H]1CCC(=O)N(CCc2ccccc2)C1. The van der Waals surface area contributed by atoms with Crippen LogP contribution >= 0.6 is 11.8 Å². The molecule has 6 nitrogen and oxygen atoms in total. The minimum atomic E-state index is -0.114. The van der Waals surface area contributed by atoms with Crippen LogP contribution in [-0.4, -0.2) is 51.7 Å². The van der Waals surface area contributed by atoms with Crippen molar-refractivity contribution in [3.63, 3.8) is 0 Å². The van der Waals surface area contributed by atoms with Crippen molar-refractivity contribution in [2.45, 2.75) is 24.4 Å². The minimum Gasteiger partial charge on any atom is -0.355 e. The molecule has 0 bridgehead atoms. The second-order valence-electron chi connectivity index (χ2n) is 6.77. The van der Waals surface area contributed by atoms with Gasteiger partial charge in [-0.3, -0.25) is 9.59 Å². The predicted molar refractivity (Wildman–Crippen MR) is 106 cm³/mol. The van der Waals surface area contributed by atoms with Gasteiger partial charge in [0.25, 0.3) is 0 Å². The molecule has 2 aromatic rings. The van der Waals surface area contributed by atoms with Gasteiger partial charge in [-0.05, 0) is 18.4 Å². The van der Waals surface area contributed by atoms with Crippen molar-refractivity contribution in [2.75, 3.05) is 25.4 Å². The van der Waals surface area contributed by atoms with E-state index in [1.54, 1.807) is 18.0 Å². The Morgan fingerprint density at radius 1 is 1.33 bits per heavy atom. The Labute approximate surface area is 164 Å². The summed E-state index contributed by atoms with van der Waals surface area (Å²) in [4.78, 5) is 30.8. The highest BCUT2D eigenvalue weighted by Crippen LogP contribution is 2.19. The smallest absolute Gasteiger partial charge is 0.224 e. The lowest BCUT2D eigenvalue weighted by Gasteiger charge is -2.32. The van der Waals surface area contributed by atoms with Gasteiger partial charge in [0.1, 0.15) is 0 Å². The first kappa shape index (κ1) is 19.5. The summed E-state index contributed by atoms with van der Waals surface area (Å²) in [7, 11) is 1.96. The number of likely N-dealkylation sites (tertiary alicyclic amines) is 1. The van der Waals surface area contributed by atoms with Crippen LogP contribution in [0.2, 0.25) is 0 Å². The fourth-order valence-corrected chi connectivity index (χ4v) is 3.99. The number of imidazole rings is 1. The van der Waals surface area contributed by atoms with Gasteiger partial charge in [-0.1, -0.05) is 42.1 Å². The molecule has 0 unspecified atom stereocenters. The first-order chi connectivity index (χ1) is 13.1. The number of rotatable bonds is 8. The highest BCUT2D eigenvalue weighted by molar-refractivity contribution is 7.99. The number of nitrogens with zero attached hydrogens (tertiary/aromatic N) is 3. The molecule has 2 heterocycles. The van der Waals surface area contributed by atoms with E-state index in [1.807, 2.05) is 40.9 Å². The first-order valence-electron chi connectivity index (χ1n) is 9.33. The molecule has 0 saturated carbocycles. The van der Waals surface area contributed by atoms with Crippen LogP contribution < -0.4 is 5.32 Å². The lowest BCUT2D eigenvalue weighted by atomic mass is 9.96. The largest absolute Gasteiger partial charge is 0.355 e. The van der Waals surface area contributed by atoms with Gasteiger partial charge in [0.05, 0.1) is 5.92 Å². The maximum atomic E-state index is 12.5. The lowest BCUT2D eigenvalue weighted by Crippen LogP contribution is -2.46. The van der Waals surface area contributed by atoms with E-state index in [2.05, 4.69) is 22.4 Å². The van der Waals surface area contributed by atoms with Gasteiger partial charge in [0.2, 0.25) is 11.8 Å². The summed E-state index contributed by atoms with van der Waals surface area (Å²) in [6.45, 7) is 1.79. The van der Waals surface area contributed by atoms with Crippen molar-refractivity contribution >= 4 is 23.6 Å². The molecule has 1 atom stereocenters. The molecule has 1 N–H and O–H groups in total. The average Bonchev–Trinajstić information content (AvgIpc) is 3.10. The number of aryl methyl sites for hydroxylation is 1. The van der Waals surface area contributed by atoms with E-state index in [0.29, 0.717) is 32.5 Å². The average molecular weight is 387 g/mol. The fourth-order valence-electron chi connectivity index (χ4n) is 3.21. The molecule has 1 saturated heterocycles. The van der Waals surface area contributed by atoms with E-state index < -0.39 is 0 Å². The summed E-state index contributed by atoms with van der Waals surface area (Å²) < 4.78 is 1.96. The summed E-state index contributed by atoms with van der Waals surface area (Å²) in [6.07, 6.45) is 5.59. The molecule has 1 aliphatic heterocycles. The topological polar surface area (TPSA) is 67.2 Å². The Kier molecular flexibility index (Phi) is 6.92. The zero-order valence-corrected chi connectivity index (χ0v) is 16.5. The number of nitrogens with one attached hydrogen (secondary N) is 1. The number of benzene rings is 1. The molecule has 27 heavy (non-hydrogen) atoms. The van der Waals surface area contributed by atoms with Gasteiger partial charge in [0.15, 0.2) is 5.16 Å². The van der Waals surface area contributed by atoms with E-state index in [9.17, 15) is 9.59 Å². The monoisotopic (exact) mass is 386 g/mol. The second kappa shape index (κ2) is 9.60. The fraction of sp³-hybridized carbons (Fsp3) is 0.450. The number of carbonyl (C=O) groups is 2. The van der Waals surface area contributed by atoms with Crippen molar-refractivity contribution in [1.82, 2.24) is 19.8 Å². The lowest BCUT2D eigenvalue weighted by molar-refractivity contribution is -0.138. The van der Waals surface area contributed by atoms with Crippen molar-refractivity contribution in [3.8, 4) is 0 Å². The van der Waals surface area contributed by atoms with Gasteiger partial charge in [-0.15, -0.1) is 0 Å². The van der Waals surface area contributed by atoms with Crippen LogP contribution in [0.15, 0.2) is 47.9 Å². The maximum absolute atomic E-state index is 12.5. The van der Waals surface area contributed by atoms with E-state index in [4.69, 9.17) is 0 Å². The normalized spacial score (nSPS) is 17.1. The second-order valence-corrected chi connectivity index (χ2v) is 7.83. The van der Waals surface area contributed by atoms with Crippen molar-refractivity contribution < 1.29 is 9.59 Å². The Morgan fingerprint density at radius 3 is 2.89 bits per heavy atom. The van der Waals surface area contributed by atoms with E-state index in [0.717, 1.165) is 17.3 Å². The molecular weight excluding hydrogens is 360 g/mol. The van der Waals surface area contributed by atoms with Crippen LogP contribution in [0.5, 0.6) is 0 Å². The number of piperidine rings is 1. The molecule has 1 aromatic carbocycles. The maximum Gasteiger partial charge on any atom is 0.224 e. The van der Waals surface area contributed by atoms with Crippen molar-refractivity contribution in [1.29, 1.82) is 0 Å². The van der Waals surface area contributed by atoms with Crippen molar-refractivity contribution in [3.05, 3.63) is 48.3 Å². The van der Waals surface area contributed by atoms with Gasteiger partial charge in [-0.2, -0.15) is 0 Å². The highest BCUT2D eigenvalue weighted by atomic mass is 32.2. The summed E-state index contributed by atoms with van der Waals surface area (Å²) in [5.41, 5.74) is 1.21. The van der Waals surface area contributed by atoms with E-state index >= 15 is 0 Å². The summed E-state index contributed by atoms with van der Waals surface area (Å²) in [5, 5.41) is 3.95. The van der Waals surface area contributed by atoms with Gasteiger partial charge in [0, 0.05) is 51.2 Å². The van der Waals surface area contributed by atoms with Gasteiger partial charge >= 0.3 is 0 Å².